The minimum atomic E-state index is -0.164. The summed E-state index contributed by atoms with van der Waals surface area (Å²) in [7, 11) is 0. The highest BCUT2D eigenvalue weighted by atomic mass is 16.5. The van der Waals surface area contributed by atoms with Crippen molar-refractivity contribution in [3.05, 3.63) is 59.7 Å². The van der Waals surface area contributed by atoms with Crippen LogP contribution in [0.5, 0.6) is 5.75 Å². The Morgan fingerprint density at radius 2 is 1.85 bits per heavy atom. The lowest BCUT2D eigenvalue weighted by molar-refractivity contribution is -0.122. The molecule has 7 heteroatoms. The first-order chi connectivity index (χ1) is 13.1. The van der Waals surface area contributed by atoms with Crippen molar-refractivity contribution >= 4 is 5.91 Å². The van der Waals surface area contributed by atoms with Crippen molar-refractivity contribution in [2.24, 2.45) is 0 Å². The number of tetrazole rings is 1. The number of nitrogens with zero attached hydrogens (tertiary/aromatic N) is 4. The molecule has 0 radical (unpaired) electrons. The van der Waals surface area contributed by atoms with E-state index in [2.05, 4.69) is 27.7 Å². The summed E-state index contributed by atoms with van der Waals surface area (Å²) >= 11 is 0. The molecule has 140 valence electrons. The number of aryl methyl sites for hydroxylation is 1. The van der Waals surface area contributed by atoms with Gasteiger partial charge in [-0.15, -0.1) is 10.2 Å². The maximum Gasteiger partial charge on any atom is 0.243 e. The van der Waals surface area contributed by atoms with Crippen molar-refractivity contribution in [1.82, 2.24) is 25.5 Å². The number of rotatable bonds is 8. The molecule has 0 bridgehead atoms. The molecule has 0 saturated carbocycles. The average molecular weight is 365 g/mol. The van der Waals surface area contributed by atoms with Crippen LogP contribution in [-0.2, 0) is 17.9 Å². The fourth-order valence-corrected chi connectivity index (χ4v) is 2.44. The van der Waals surface area contributed by atoms with Gasteiger partial charge in [-0.1, -0.05) is 36.8 Å². The van der Waals surface area contributed by atoms with Crippen molar-refractivity contribution in [3.63, 3.8) is 0 Å². The lowest BCUT2D eigenvalue weighted by Crippen LogP contribution is -2.28. The van der Waals surface area contributed by atoms with Crippen molar-refractivity contribution in [3.8, 4) is 17.1 Å². The summed E-state index contributed by atoms with van der Waals surface area (Å²) in [6.45, 7) is 5.28. The highest BCUT2D eigenvalue weighted by Crippen LogP contribution is 2.18. The summed E-state index contributed by atoms with van der Waals surface area (Å²) in [5.74, 6) is 1.12. The van der Waals surface area contributed by atoms with Crippen LogP contribution in [0.3, 0.4) is 0 Å². The average Bonchev–Trinajstić information content (AvgIpc) is 3.14. The van der Waals surface area contributed by atoms with Crippen LogP contribution >= 0.6 is 0 Å². The predicted molar refractivity (Wildman–Crippen MR) is 102 cm³/mol. The van der Waals surface area contributed by atoms with Crippen molar-refractivity contribution < 1.29 is 9.53 Å². The van der Waals surface area contributed by atoms with Crippen LogP contribution in [-0.4, -0.2) is 32.7 Å². The van der Waals surface area contributed by atoms with Crippen molar-refractivity contribution in [2.75, 3.05) is 6.61 Å². The fraction of sp³-hybridized carbons (Fsp3) is 0.300. The van der Waals surface area contributed by atoms with E-state index in [-0.39, 0.29) is 12.5 Å². The number of amides is 1. The lowest BCUT2D eigenvalue weighted by Gasteiger charge is -2.05. The number of hydrogen-bond donors (Lipinski definition) is 1. The van der Waals surface area contributed by atoms with Gasteiger partial charge in [-0.05, 0) is 48.4 Å². The summed E-state index contributed by atoms with van der Waals surface area (Å²) < 4.78 is 5.56. The largest absolute Gasteiger partial charge is 0.494 e. The van der Waals surface area contributed by atoms with Crippen LogP contribution in [0.4, 0.5) is 0 Å². The zero-order chi connectivity index (χ0) is 19.1. The molecule has 1 N–H and O–H groups in total. The van der Waals surface area contributed by atoms with Crippen molar-refractivity contribution in [1.29, 1.82) is 0 Å². The van der Waals surface area contributed by atoms with E-state index >= 15 is 0 Å². The number of benzene rings is 2. The van der Waals surface area contributed by atoms with E-state index in [1.807, 2.05) is 55.5 Å². The fourth-order valence-electron chi connectivity index (χ4n) is 2.44. The quantitative estimate of drug-likeness (QED) is 0.664. The topological polar surface area (TPSA) is 81.9 Å². The third kappa shape index (κ3) is 5.37. The second-order valence-corrected chi connectivity index (χ2v) is 6.28. The van der Waals surface area contributed by atoms with Gasteiger partial charge in [-0.3, -0.25) is 4.79 Å². The number of ether oxygens (including phenoxy) is 1. The molecule has 0 aliphatic rings. The van der Waals surface area contributed by atoms with Gasteiger partial charge in [-0.25, -0.2) is 0 Å². The van der Waals surface area contributed by atoms with E-state index in [0.29, 0.717) is 19.0 Å². The molecule has 0 saturated heterocycles. The van der Waals surface area contributed by atoms with Crippen LogP contribution in [0.1, 0.15) is 24.5 Å². The first-order valence-electron chi connectivity index (χ1n) is 8.97. The Balaban J connectivity index is 1.54. The molecule has 2 aromatic carbocycles. The molecule has 7 nitrogen and oxygen atoms in total. The normalized spacial score (nSPS) is 10.6. The molecule has 3 rings (SSSR count). The summed E-state index contributed by atoms with van der Waals surface area (Å²) in [6.07, 6.45) is 0.962. The van der Waals surface area contributed by atoms with Gasteiger partial charge in [0.2, 0.25) is 11.7 Å². The van der Waals surface area contributed by atoms with E-state index in [4.69, 9.17) is 4.74 Å². The Morgan fingerprint density at radius 1 is 1.11 bits per heavy atom. The highest BCUT2D eigenvalue weighted by Gasteiger charge is 2.09. The maximum atomic E-state index is 12.1. The lowest BCUT2D eigenvalue weighted by atomic mass is 10.1. The van der Waals surface area contributed by atoms with E-state index in [9.17, 15) is 4.79 Å². The van der Waals surface area contributed by atoms with Gasteiger partial charge in [0.1, 0.15) is 12.3 Å². The first kappa shape index (κ1) is 18.6. The molecule has 0 spiro atoms. The zero-order valence-corrected chi connectivity index (χ0v) is 15.6. The number of aromatic nitrogens is 4. The molecule has 0 atom stereocenters. The zero-order valence-electron chi connectivity index (χ0n) is 15.6. The molecule has 27 heavy (non-hydrogen) atoms. The Bertz CT molecular complexity index is 872. The Kier molecular flexibility index (Phi) is 6.14. The Morgan fingerprint density at radius 3 is 2.56 bits per heavy atom. The second kappa shape index (κ2) is 8.93. The standard InChI is InChI=1S/C20H23N5O2/c1-3-12-27-18-10-8-17(9-11-18)20-22-24-25(23-20)14-19(26)21-13-16-6-4-15(2)5-7-16/h4-11H,3,12-14H2,1-2H3,(H,21,26). The van der Waals surface area contributed by atoms with Gasteiger partial charge in [0.25, 0.3) is 0 Å². The molecule has 0 aliphatic heterocycles. The third-order valence-electron chi connectivity index (χ3n) is 3.93. The van der Waals surface area contributed by atoms with Gasteiger partial charge in [0, 0.05) is 12.1 Å². The molecule has 1 amide bonds. The highest BCUT2D eigenvalue weighted by molar-refractivity contribution is 5.75. The molecular weight excluding hydrogens is 342 g/mol. The van der Waals surface area contributed by atoms with Gasteiger partial charge < -0.3 is 10.1 Å². The first-order valence-corrected chi connectivity index (χ1v) is 8.97. The molecule has 0 fully saturated rings. The summed E-state index contributed by atoms with van der Waals surface area (Å²) in [6, 6.07) is 15.5. The number of carbonyl (C=O) groups excluding carboxylic acids is 1. The number of carbonyl (C=O) groups is 1. The van der Waals surface area contributed by atoms with Crippen LogP contribution in [0.15, 0.2) is 48.5 Å². The van der Waals surface area contributed by atoms with Gasteiger partial charge in [0.15, 0.2) is 0 Å². The molecule has 0 aliphatic carbocycles. The summed E-state index contributed by atoms with van der Waals surface area (Å²) in [5.41, 5.74) is 3.06. The van der Waals surface area contributed by atoms with Crippen LogP contribution in [0, 0.1) is 6.92 Å². The molecule has 3 aromatic rings. The van der Waals surface area contributed by atoms with Crippen LogP contribution in [0.25, 0.3) is 11.4 Å². The van der Waals surface area contributed by atoms with Crippen molar-refractivity contribution in [2.45, 2.75) is 33.4 Å². The minimum Gasteiger partial charge on any atom is -0.494 e. The maximum absolute atomic E-state index is 12.1. The van der Waals surface area contributed by atoms with Gasteiger partial charge in [0.05, 0.1) is 6.61 Å². The third-order valence-corrected chi connectivity index (χ3v) is 3.93. The molecule has 0 unspecified atom stereocenters. The number of hydrogen-bond acceptors (Lipinski definition) is 5. The smallest absolute Gasteiger partial charge is 0.243 e. The minimum absolute atomic E-state index is 0.0244. The molecular formula is C20H23N5O2. The van der Waals surface area contributed by atoms with Gasteiger partial charge >= 0.3 is 0 Å². The van der Waals surface area contributed by atoms with Gasteiger partial charge in [-0.2, -0.15) is 4.80 Å². The predicted octanol–water partition coefficient (Wildman–Crippen LogP) is 2.75. The SMILES string of the molecule is CCCOc1ccc(-c2nnn(CC(=O)NCc3ccc(C)cc3)n2)cc1. The van der Waals surface area contributed by atoms with E-state index < -0.39 is 0 Å². The van der Waals surface area contributed by atoms with Crippen LogP contribution < -0.4 is 10.1 Å². The Hall–Kier alpha value is -3.22. The second-order valence-electron chi connectivity index (χ2n) is 6.28. The Labute approximate surface area is 158 Å². The number of nitrogens with one attached hydrogen (secondary N) is 1. The summed E-state index contributed by atoms with van der Waals surface area (Å²) in [5, 5.41) is 15.1. The van der Waals surface area contributed by atoms with E-state index in [0.717, 1.165) is 23.3 Å². The molecule has 1 aromatic heterocycles. The monoisotopic (exact) mass is 365 g/mol. The van der Waals surface area contributed by atoms with E-state index in [1.54, 1.807) is 0 Å². The van der Waals surface area contributed by atoms with E-state index in [1.165, 1.54) is 10.4 Å². The molecule has 1 heterocycles. The van der Waals surface area contributed by atoms with Crippen LogP contribution in [0.2, 0.25) is 0 Å². The summed E-state index contributed by atoms with van der Waals surface area (Å²) in [4.78, 5) is 13.4.